The molecule has 1 saturated carbocycles. The van der Waals surface area contributed by atoms with Gasteiger partial charge in [0.15, 0.2) is 0 Å². The predicted octanol–water partition coefficient (Wildman–Crippen LogP) is 3.06. The zero-order valence-corrected chi connectivity index (χ0v) is 9.47. The molecule has 0 aliphatic heterocycles. The number of hydrogen-bond acceptors (Lipinski definition) is 1. The lowest BCUT2D eigenvalue weighted by Gasteiger charge is -2.34. The van der Waals surface area contributed by atoms with Crippen LogP contribution in [0.5, 0.6) is 0 Å². The van der Waals surface area contributed by atoms with Crippen LogP contribution >= 0.6 is 0 Å². The third-order valence-electron chi connectivity index (χ3n) is 3.71. The standard InChI is InChI=1S/C12H25N/c1-4-8-13-9-12-7-5-6-10(2)11(12)3/h10-13H,4-9H2,1-3H3. The predicted molar refractivity (Wildman–Crippen MR) is 58.8 cm³/mol. The van der Waals surface area contributed by atoms with Gasteiger partial charge in [0, 0.05) is 0 Å². The first-order valence-corrected chi connectivity index (χ1v) is 5.96. The summed E-state index contributed by atoms with van der Waals surface area (Å²) >= 11 is 0. The summed E-state index contributed by atoms with van der Waals surface area (Å²) in [6.45, 7) is 9.52. The van der Waals surface area contributed by atoms with Crippen LogP contribution in [0.3, 0.4) is 0 Å². The molecule has 1 nitrogen and oxygen atoms in total. The molecule has 3 unspecified atom stereocenters. The summed E-state index contributed by atoms with van der Waals surface area (Å²) < 4.78 is 0. The van der Waals surface area contributed by atoms with Crippen LogP contribution < -0.4 is 5.32 Å². The molecule has 3 atom stereocenters. The Morgan fingerprint density at radius 1 is 1.23 bits per heavy atom. The molecule has 78 valence electrons. The summed E-state index contributed by atoms with van der Waals surface area (Å²) in [6, 6.07) is 0. The summed E-state index contributed by atoms with van der Waals surface area (Å²) in [5.41, 5.74) is 0. The van der Waals surface area contributed by atoms with Gasteiger partial charge in [-0.15, -0.1) is 0 Å². The second kappa shape index (κ2) is 5.64. The van der Waals surface area contributed by atoms with E-state index >= 15 is 0 Å². The zero-order valence-electron chi connectivity index (χ0n) is 9.47. The second-order valence-corrected chi connectivity index (χ2v) is 4.73. The number of hydrogen-bond donors (Lipinski definition) is 1. The van der Waals surface area contributed by atoms with Gasteiger partial charge in [0.25, 0.3) is 0 Å². The fourth-order valence-electron chi connectivity index (χ4n) is 2.44. The van der Waals surface area contributed by atoms with E-state index in [-0.39, 0.29) is 0 Å². The van der Waals surface area contributed by atoms with Gasteiger partial charge in [-0.25, -0.2) is 0 Å². The maximum Gasteiger partial charge on any atom is -0.00179 e. The minimum absolute atomic E-state index is 0.929. The SMILES string of the molecule is CCCNCC1CCCC(C)C1C. The molecule has 1 aliphatic carbocycles. The lowest BCUT2D eigenvalue weighted by Crippen LogP contribution is -2.33. The van der Waals surface area contributed by atoms with Gasteiger partial charge >= 0.3 is 0 Å². The molecule has 0 heterocycles. The van der Waals surface area contributed by atoms with Crippen LogP contribution in [-0.4, -0.2) is 13.1 Å². The van der Waals surface area contributed by atoms with E-state index in [1.54, 1.807) is 0 Å². The molecule has 1 heteroatoms. The van der Waals surface area contributed by atoms with Gasteiger partial charge in [-0.05, 0) is 43.7 Å². The molecule has 1 fully saturated rings. The van der Waals surface area contributed by atoms with Crippen molar-refractivity contribution in [3.63, 3.8) is 0 Å². The van der Waals surface area contributed by atoms with Crippen molar-refractivity contribution in [2.24, 2.45) is 17.8 Å². The molecule has 0 saturated heterocycles. The first-order chi connectivity index (χ1) is 6.25. The number of nitrogens with one attached hydrogen (secondary N) is 1. The van der Waals surface area contributed by atoms with Crippen molar-refractivity contribution in [2.75, 3.05) is 13.1 Å². The Labute approximate surface area is 83.3 Å². The molecule has 0 aromatic heterocycles. The fraction of sp³-hybridized carbons (Fsp3) is 1.00. The van der Waals surface area contributed by atoms with Crippen molar-refractivity contribution in [3.05, 3.63) is 0 Å². The third kappa shape index (κ3) is 3.30. The fourth-order valence-corrected chi connectivity index (χ4v) is 2.44. The Bertz CT molecular complexity index is 133. The minimum Gasteiger partial charge on any atom is -0.316 e. The van der Waals surface area contributed by atoms with E-state index < -0.39 is 0 Å². The maximum absolute atomic E-state index is 3.56. The molecule has 0 aromatic carbocycles. The molecular weight excluding hydrogens is 158 g/mol. The van der Waals surface area contributed by atoms with Crippen LogP contribution in [0, 0.1) is 17.8 Å². The molecule has 0 amide bonds. The van der Waals surface area contributed by atoms with Crippen molar-refractivity contribution in [1.29, 1.82) is 0 Å². The van der Waals surface area contributed by atoms with E-state index in [0.717, 1.165) is 17.8 Å². The average molecular weight is 183 g/mol. The first-order valence-electron chi connectivity index (χ1n) is 5.96. The van der Waals surface area contributed by atoms with E-state index in [9.17, 15) is 0 Å². The van der Waals surface area contributed by atoms with Crippen molar-refractivity contribution in [2.45, 2.75) is 46.5 Å². The highest BCUT2D eigenvalue weighted by Gasteiger charge is 2.26. The largest absolute Gasteiger partial charge is 0.316 e. The van der Waals surface area contributed by atoms with Crippen LogP contribution in [0.4, 0.5) is 0 Å². The summed E-state index contributed by atoms with van der Waals surface area (Å²) in [5.74, 6) is 2.82. The van der Waals surface area contributed by atoms with Crippen molar-refractivity contribution in [1.82, 2.24) is 5.32 Å². The highest BCUT2D eigenvalue weighted by Crippen LogP contribution is 2.33. The molecule has 1 N–H and O–H groups in total. The molecule has 1 aliphatic rings. The minimum atomic E-state index is 0.929. The molecule has 1 rings (SSSR count). The molecular formula is C12H25N. The summed E-state index contributed by atoms with van der Waals surface area (Å²) in [4.78, 5) is 0. The second-order valence-electron chi connectivity index (χ2n) is 4.73. The maximum atomic E-state index is 3.56. The van der Waals surface area contributed by atoms with E-state index in [1.165, 1.54) is 38.8 Å². The highest BCUT2D eigenvalue weighted by molar-refractivity contribution is 4.78. The monoisotopic (exact) mass is 183 g/mol. The van der Waals surface area contributed by atoms with Gasteiger partial charge in [-0.2, -0.15) is 0 Å². The Kier molecular flexibility index (Phi) is 4.79. The quantitative estimate of drug-likeness (QED) is 0.661. The van der Waals surface area contributed by atoms with Gasteiger partial charge in [-0.1, -0.05) is 33.6 Å². The topological polar surface area (TPSA) is 12.0 Å². The zero-order chi connectivity index (χ0) is 9.68. The van der Waals surface area contributed by atoms with E-state index in [4.69, 9.17) is 0 Å². The molecule has 0 bridgehead atoms. The lowest BCUT2D eigenvalue weighted by molar-refractivity contribution is 0.179. The summed E-state index contributed by atoms with van der Waals surface area (Å²) in [5, 5.41) is 3.56. The Morgan fingerprint density at radius 3 is 2.69 bits per heavy atom. The third-order valence-corrected chi connectivity index (χ3v) is 3.71. The molecule has 0 spiro atoms. The van der Waals surface area contributed by atoms with Crippen LogP contribution in [0.15, 0.2) is 0 Å². The van der Waals surface area contributed by atoms with Crippen molar-refractivity contribution < 1.29 is 0 Å². The van der Waals surface area contributed by atoms with E-state index in [1.807, 2.05) is 0 Å². The van der Waals surface area contributed by atoms with Crippen LogP contribution in [0.2, 0.25) is 0 Å². The first kappa shape index (κ1) is 11.0. The van der Waals surface area contributed by atoms with Gasteiger partial charge < -0.3 is 5.32 Å². The van der Waals surface area contributed by atoms with Gasteiger partial charge in [0.1, 0.15) is 0 Å². The highest BCUT2D eigenvalue weighted by atomic mass is 14.9. The lowest BCUT2D eigenvalue weighted by atomic mass is 9.74. The Morgan fingerprint density at radius 2 is 2.00 bits per heavy atom. The Hall–Kier alpha value is -0.0400. The van der Waals surface area contributed by atoms with E-state index in [0.29, 0.717) is 0 Å². The number of rotatable bonds is 4. The van der Waals surface area contributed by atoms with Crippen LogP contribution in [-0.2, 0) is 0 Å². The van der Waals surface area contributed by atoms with Crippen molar-refractivity contribution in [3.8, 4) is 0 Å². The van der Waals surface area contributed by atoms with Crippen molar-refractivity contribution >= 4 is 0 Å². The molecule has 13 heavy (non-hydrogen) atoms. The Balaban J connectivity index is 2.23. The smallest absolute Gasteiger partial charge is 0.00179 e. The van der Waals surface area contributed by atoms with Crippen LogP contribution in [0.25, 0.3) is 0 Å². The van der Waals surface area contributed by atoms with Gasteiger partial charge in [-0.3, -0.25) is 0 Å². The normalized spacial score (nSPS) is 34.8. The average Bonchev–Trinajstić information content (AvgIpc) is 2.13. The summed E-state index contributed by atoms with van der Waals surface area (Å²) in [6.07, 6.45) is 5.61. The molecule has 0 radical (unpaired) electrons. The van der Waals surface area contributed by atoms with E-state index in [2.05, 4.69) is 26.1 Å². The van der Waals surface area contributed by atoms with Gasteiger partial charge in [0.2, 0.25) is 0 Å². The van der Waals surface area contributed by atoms with Crippen LogP contribution in [0.1, 0.15) is 46.5 Å². The summed E-state index contributed by atoms with van der Waals surface area (Å²) in [7, 11) is 0. The van der Waals surface area contributed by atoms with Gasteiger partial charge in [0.05, 0.1) is 0 Å². The molecule has 0 aromatic rings.